The highest BCUT2D eigenvalue weighted by atomic mass is 32.2. The topological polar surface area (TPSA) is 65.0 Å². The van der Waals surface area contributed by atoms with Gasteiger partial charge in [0.25, 0.3) is 0 Å². The Hall–Kier alpha value is -2.08. The third kappa shape index (κ3) is 3.33. The Bertz CT molecular complexity index is 709. The molecule has 108 valence electrons. The Balaban J connectivity index is 1.65. The van der Waals surface area contributed by atoms with Gasteiger partial charge in [0, 0.05) is 11.6 Å². The number of benzene rings is 1. The Morgan fingerprint density at radius 2 is 1.95 bits per heavy atom. The Kier molecular flexibility index (Phi) is 4.06. The minimum Gasteiger partial charge on any atom is -0.360 e. The molecule has 6 heteroatoms. The van der Waals surface area contributed by atoms with Crippen molar-refractivity contribution in [3.8, 4) is 11.4 Å². The van der Waals surface area contributed by atoms with E-state index in [1.807, 2.05) is 50.2 Å². The minimum atomic E-state index is 0.0976. The molecule has 2 aromatic heterocycles. The van der Waals surface area contributed by atoms with Crippen LogP contribution in [0.2, 0.25) is 0 Å². The predicted octanol–water partition coefficient (Wildman–Crippen LogP) is 4.03. The summed E-state index contributed by atoms with van der Waals surface area (Å²) in [6, 6.07) is 11.7. The SMILES string of the molecule is Cc1cc(CSC(C)c2nc(-c3ccccc3)no2)on1. The molecular formula is C15H15N3O2S. The van der Waals surface area contributed by atoms with Crippen molar-refractivity contribution in [2.24, 2.45) is 0 Å². The van der Waals surface area contributed by atoms with Gasteiger partial charge in [-0.15, -0.1) is 11.8 Å². The van der Waals surface area contributed by atoms with Gasteiger partial charge >= 0.3 is 0 Å². The van der Waals surface area contributed by atoms with Gasteiger partial charge in [0.15, 0.2) is 0 Å². The number of aryl methyl sites for hydroxylation is 1. The van der Waals surface area contributed by atoms with Crippen LogP contribution in [0.25, 0.3) is 11.4 Å². The lowest BCUT2D eigenvalue weighted by Crippen LogP contribution is -1.90. The van der Waals surface area contributed by atoms with Crippen LogP contribution in [0, 0.1) is 6.92 Å². The fraction of sp³-hybridized carbons (Fsp3) is 0.267. The number of aromatic nitrogens is 3. The van der Waals surface area contributed by atoms with Gasteiger partial charge in [0.1, 0.15) is 5.76 Å². The van der Waals surface area contributed by atoms with Crippen LogP contribution >= 0.6 is 11.8 Å². The van der Waals surface area contributed by atoms with Crippen LogP contribution in [-0.2, 0) is 5.75 Å². The molecule has 1 unspecified atom stereocenters. The van der Waals surface area contributed by atoms with E-state index in [2.05, 4.69) is 15.3 Å². The lowest BCUT2D eigenvalue weighted by atomic mass is 10.2. The zero-order valence-electron chi connectivity index (χ0n) is 11.8. The number of hydrogen-bond acceptors (Lipinski definition) is 6. The molecule has 0 aliphatic heterocycles. The second kappa shape index (κ2) is 6.13. The van der Waals surface area contributed by atoms with Crippen molar-refractivity contribution in [3.05, 3.63) is 53.7 Å². The van der Waals surface area contributed by atoms with Gasteiger partial charge in [-0.2, -0.15) is 4.98 Å². The Labute approximate surface area is 126 Å². The Morgan fingerprint density at radius 3 is 2.67 bits per heavy atom. The van der Waals surface area contributed by atoms with Crippen LogP contribution in [0.3, 0.4) is 0 Å². The van der Waals surface area contributed by atoms with E-state index in [1.165, 1.54) is 0 Å². The molecule has 0 fully saturated rings. The van der Waals surface area contributed by atoms with Gasteiger partial charge in [-0.3, -0.25) is 0 Å². The molecule has 3 aromatic rings. The van der Waals surface area contributed by atoms with E-state index in [9.17, 15) is 0 Å². The highest BCUT2D eigenvalue weighted by Crippen LogP contribution is 2.31. The smallest absolute Gasteiger partial charge is 0.239 e. The van der Waals surface area contributed by atoms with E-state index >= 15 is 0 Å². The molecule has 21 heavy (non-hydrogen) atoms. The second-order valence-electron chi connectivity index (χ2n) is 4.71. The summed E-state index contributed by atoms with van der Waals surface area (Å²) in [5.74, 6) is 2.82. The molecular weight excluding hydrogens is 286 g/mol. The average molecular weight is 301 g/mol. The fourth-order valence-corrected chi connectivity index (χ4v) is 2.66. The van der Waals surface area contributed by atoms with Crippen LogP contribution in [-0.4, -0.2) is 15.3 Å². The van der Waals surface area contributed by atoms with E-state index in [-0.39, 0.29) is 5.25 Å². The Morgan fingerprint density at radius 1 is 1.14 bits per heavy atom. The lowest BCUT2D eigenvalue weighted by Gasteiger charge is -2.03. The highest BCUT2D eigenvalue weighted by Gasteiger charge is 2.16. The quantitative estimate of drug-likeness (QED) is 0.709. The predicted molar refractivity (Wildman–Crippen MR) is 80.7 cm³/mol. The average Bonchev–Trinajstić information content (AvgIpc) is 3.15. The van der Waals surface area contributed by atoms with Gasteiger partial charge in [-0.1, -0.05) is 40.6 Å². The summed E-state index contributed by atoms with van der Waals surface area (Å²) in [5, 5.41) is 8.00. The highest BCUT2D eigenvalue weighted by molar-refractivity contribution is 7.98. The van der Waals surface area contributed by atoms with Crippen LogP contribution < -0.4 is 0 Å². The molecule has 0 spiro atoms. The van der Waals surface area contributed by atoms with Gasteiger partial charge in [-0.05, 0) is 13.8 Å². The lowest BCUT2D eigenvalue weighted by molar-refractivity contribution is 0.379. The second-order valence-corrected chi connectivity index (χ2v) is 6.04. The van der Waals surface area contributed by atoms with Crippen molar-refractivity contribution >= 4 is 11.8 Å². The first-order valence-electron chi connectivity index (χ1n) is 6.65. The molecule has 1 atom stereocenters. The molecule has 0 radical (unpaired) electrons. The number of thioether (sulfide) groups is 1. The van der Waals surface area contributed by atoms with Crippen molar-refractivity contribution in [1.29, 1.82) is 0 Å². The summed E-state index contributed by atoms with van der Waals surface area (Å²) in [6.45, 7) is 3.95. The van der Waals surface area contributed by atoms with Crippen LogP contribution in [0.5, 0.6) is 0 Å². The first-order chi connectivity index (χ1) is 10.2. The maximum Gasteiger partial charge on any atom is 0.239 e. The zero-order chi connectivity index (χ0) is 14.7. The van der Waals surface area contributed by atoms with E-state index in [1.54, 1.807) is 11.8 Å². The first kappa shape index (κ1) is 13.9. The van der Waals surface area contributed by atoms with Crippen molar-refractivity contribution in [2.75, 3.05) is 0 Å². The van der Waals surface area contributed by atoms with E-state index in [4.69, 9.17) is 9.05 Å². The van der Waals surface area contributed by atoms with Gasteiger partial charge in [0.2, 0.25) is 11.7 Å². The molecule has 0 amide bonds. The zero-order valence-corrected chi connectivity index (χ0v) is 12.6. The van der Waals surface area contributed by atoms with Crippen molar-refractivity contribution in [3.63, 3.8) is 0 Å². The normalized spacial score (nSPS) is 12.5. The summed E-state index contributed by atoms with van der Waals surface area (Å²) >= 11 is 1.67. The molecule has 3 rings (SSSR count). The molecule has 0 aliphatic carbocycles. The van der Waals surface area contributed by atoms with Crippen molar-refractivity contribution in [1.82, 2.24) is 15.3 Å². The van der Waals surface area contributed by atoms with Crippen LogP contribution in [0.15, 0.2) is 45.4 Å². The molecule has 2 heterocycles. The largest absolute Gasteiger partial charge is 0.360 e. The molecule has 0 bridgehead atoms. The van der Waals surface area contributed by atoms with E-state index < -0.39 is 0 Å². The number of nitrogens with zero attached hydrogens (tertiary/aromatic N) is 3. The molecule has 5 nitrogen and oxygen atoms in total. The van der Waals surface area contributed by atoms with Gasteiger partial charge < -0.3 is 9.05 Å². The third-order valence-electron chi connectivity index (χ3n) is 2.97. The summed E-state index contributed by atoms with van der Waals surface area (Å²) in [5.41, 5.74) is 1.85. The fourth-order valence-electron chi connectivity index (χ4n) is 1.87. The van der Waals surface area contributed by atoms with E-state index in [0.29, 0.717) is 11.7 Å². The molecule has 1 aromatic carbocycles. The molecule has 0 saturated carbocycles. The maximum atomic E-state index is 5.35. The summed E-state index contributed by atoms with van der Waals surface area (Å²) in [4.78, 5) is 4.45. The molecule has 0 aliphatic rings. The third-order valence-corrected chi connectivity index (χ3v) is 4.13. The summed E-state index contributed by atoms with van der Waals surface area (Å²) < 4.78 is 10.5. The number of hydrogen-bond donors (Lipinski definition) is 0. The van der Waals surface area contributed by atoms with Gasteiger partial charge in [-0.25, -0.2) is 0 Å². The monoisotopic (exact) mass is 301 g/mol. The first-order valence-corrected chi connectivity index (χ1v) is 7.70. The van der Waals surface area contributed by atoms with Crippen molar-refractivity contribution < 1.29 is 9.05 Å². The van der Waals surface area contributed by atoms with Crippen LogP contribution in [0.4, 0.5) is 0 Å². The molecule has 0 saturated heterocycles. The van der Waals surface area contributed by atoms with E-state index in [0.717, 1.165) is 22.8 Å². The number of rotatable bonds is 5. The van der Waals surface area contributed by atoms with Gasteiger partial charge in [0.05, 0.1) is 16.7 Å². The van der Waals surface area contributed by atoms with Crippen LogP contribution in [0.1, 0.15) is 29.5 Å². The summed E-state index contributed by atoms with van der Waals surface area (Å²) in [7, 11) is 0. The summed E-state index contributed by atoms with van der Waals surface area (Å²) in [6.07, 6.45) is 0. The molecule has 0 N–H and O–H groups in total. The maximum absolute atomic E-state index is 5.35. The minimum absolute atomic E-state index is 0.0976. The van der Waals surface area contributed by atoms with Crippen molar-refractivity contribution in [2.45, 2.75) is 24.9 Å². The standard InChI is InChI=1S/C15H15N3O2S/c1-10-8-13(19-17-10)9-21-11(2)15-16-14(18-20-15)12-6-4-3-5-7-12/h3-8,11H,9H2,1-2H3.